The van der Waals surface area contributed by atoms with Gasteiger partial charge in [-0.05, 0) is 19.8 Å². The molecule has 4 nitrogen and oxygen atoms in total. The van der Waals surface area contributed by atoms with Crippen molar-refractivity contribution in [1.29, 1.82) is 0 Å². The first-order valence-corrected chi connectivity index (χ1v) is 5.10. The lowest BCUT2D eigenvalue weighted by Crippen LogP contribution is -2.24. The number of rotatable bonds is 3. The van der Waals surface area contributed by atoms with E-state index in [1.807, 2.05) is 6.92 Å². The summed E-state index contributed by atoms with van der Waals surface area (Å²) in [5.41, 5.74) is 0.596. The molecule has 1 saturated carbocycles. The molecule has 0 heterocycles. The highest BCUT2D eigenvalue weighted by Crippen LogP contribution is 2.26. The van der Waals surface area contributed by atoms with Crippen molar-refractivity contribution in [2.24, 2.45) is 5.92 Å². The van der Waals surface area contributed by atoms with E-state index < -0.39 is 0 Å². The number of carbonyl (C=O) groups is 2. The van der Waals surface area contributed by atoms with Crippen molar-refractivity contribution in [2.75, 3.05) is 13.7 Å². The third kappa shape index (κ3) is 3.08. The lowest BCUT2D eigenvalue weighted by molar-refractivity contribution is -0.146. The number of ketones is 1. The number of hydrogen-bond acceptors (Lipinski definition) is 4. The van der Waals surface area contributed by atoms with Crippen molar-refractivity contribution < 1.29 is 19.1 Å². The molecule has 1 aliphatic rings. The summed E-state index contributed by atoms with van der Waals surface area (Å²) in [6.07, 6.45) is 2.89. The van der Waals surface area contributed by atoms with E-state index in [0.717, 1.165) is 0 Å². The Morgan fingerprint density at radius 2 is 2.33 bits per heavy atom. The van der Waals surface area contributed by atoms with E-state index in [-0.39, 0.29) is 17.7 Å². The summed E-state index contributed by atoms with van der Waals surface area (Å²) in [4.78, 5) is 22.7. The average molecular weight is 212 g/mol. The maximum absolute atomic E-state index is 11.5. The molecule has 0 bridgehead atoms. The Labute approximate surface area is 89.2 Å². The van der Waals surface area contributed by atoms with Crippen molar-refractivity contribution in [2.45, 2.75) is 26.2 Å². The minimum absolute atomic E-state index is 0.0728. The van der Waals surface area contributed by atoms with Crippen LogP contribution in [0, 0.1) is 5.92 Å². The zero-order valence-corrected chi connectivity index (χ0v) is 9.12. The average Bonchev–Trinajstić information content (AvgIpc) is 2.27. The largest absolute Gasteiger partial charge is 0.501 e. The van der Waals surface area contributed by atoms with Gasteiger partial charge >= 0.3 is 5.97 Å². The molecule has 15 heavy (non-hydrogen) atoms. The molecule has 1 aliphatic carbocycles. The summed E-state index contributed by atoms with van der Waals surface area (Å²) in [5, 5.41) is 0. The topological polar surface area (TPSA) is 52.6 Å². The maximum atomic E-state index is 11.5. The number of methoxy groups -OCH3 is 1. The summed E-state index contributed by atoms with van der Waals surface area (Å²) in [5.74, 6) is -0.368. The van der Waals surface area contributed by atoms with Gasteiger partial charge in [0.25, 0.3) is 0 Å². The van der Waals surface area contributed by atoms with Crippen LogP contribution in [-0.2, 0) is 19.1 Å². The van der Waals surface area contributed by atoms with E-state index in [1.165, 1.54) is 13.4 Å². The fourth-order valence-corrected chi connectivity index (χ4v) is 1.61. The molecule has 0 spiro atoms. The molecule has 0 radical (unpaired) electrons. The van der Waals surface area contributed by atoms with Crippen molar-refractivity contribution in [3.8, 4) is 0 Å². The van der Waals surface area contributed by atoms with E-state index >= 15 is 0 Å². The second kappa shape index (κ2) is 5.53. The van der Waals surface area contributed by atoms with Crippen molar-refractivity contribution in [3.05, 3.63) is 11.8 Å². The van der Waals surface area contributed by atoms with Crippen molar-refractivity contribution in [1.82, 2.24) is 0 Å². The Kier molecular flexibility index (Phi) is 4.34. The van der Waals surface area contributed by atoms with Crippen LogP contribution >= 0.6 is 0 Å². The zero-order valence-electron chi connectivity index (χ0n) is 9.12. The lowest BCUT2D eigenvalue weighted by atomic mass is 9.85. The molecule has 1 atom stereocenters. The van der Waals surface area contributed by atoms with Crippen LogP contribution in [0.25, 0.3) is 0 Å². The third-order valence-electron chi connectivity index (χ3n) is 2.47. The van der Waals surface area contributed by atoms with Gasteiger partial charge in [0, 0.05) is 12.0 Å². The molecular formula is C11H16O4. The molecule has 0 amide bonds. The number of esters is 1. The fourth-order valence-electron chi connectivity index (χ4n) is 1.61. The van der Waals surface area contributed by atoms with Crippen LogP contribution in [0.5, 0.6) is 0 Å². The first kappa shape index (κ1) is 11.8. The van der Waals surface area contributed by atoms with Crippen LogP contribution in [0.1, 0.15) is 26.2 Å². The lowest BCUT2D eigenvalue weighted by Gasteiger charge is -2.20. The SMILES string of the molecule is CCO/C=C1/CC(C(=O)OC)CCC1=O. The third-order valence-corrected chi connectivity index (χ3v) is 2.47. The van der Waals surface area contributed by atoms with Gasteiger partial charge < -0.3 is 9.47 Å². The van der Waals surface area contributed by atoms with E-state index in [4.69, 9.17) is 4.74 Å². The van der Waals surface area contributed by atoms with Crippen LogP contribution < -0.4 is 0 Å². The normalized spacial score (nSPS) is 24.0. The number of ether oxygens (including phenoxy) is 2. The number of carbonyl (C=O) groups excluding carboxylic acids is 2. The quantitative estimate of drug-likeness (QED) is 0.403. The van der Waals surface area contributed by atoms with Gasteiger partial charge in [-0.3, -0.25) is 9.59 Å². The van der Waals surface area contributed by atoms with E-state index in [9.17, 15) is 9.59 Å². The molecule has 0 aromatic heterocycles. The predicted molar refractivity (Wildman–Crippen MR) is 54.1 cm³/mol. The Balaban J connectivity index is 2.63. The second-order valence-corrected chi connectivity index (χ2v) is 3.48. The summed E-state index contributed by atoms with van der Waals surface area (Å²) in [7, 11) is 1.37. The zero-order chi connectivity index (χ0) is 11.3. The highest BCUT2D eigenvalue weighted by molar-refractivity contribution is 5.97. The maximum Gasteiger partial charge on any atom is 0.309 e. The van der Waals surface area contributed by atoms with Gasteiger partial charge in [-0.25, -0.2) is 0 Å². The molecule has 0 saturated heterocycles. The standard InChI is InChI=1S/C11H16O4/c1-3-15-7-9-6-8(11(13)14-2)4-5-10(9)12/h7-8H,3-6H2,1-2H3/b9-7-. The van der Waals surface area contributed by atoms with Crippen LogP contribution in [0.15, 0.2) is 11.8 Å². The number of allylic oxidation sites excluding steroid dienone is 1. The molecule has 0 aromatic rings. The van der Waals surface area contributed by atoms with E-state index in [2.05, 4.69) is 4.74 Å². The van der Waals surface area contributed by atoms with Crippen LogP contribution in [0.4, 0.5) is 0 Å². The molecule has 1 fully saturated rings. The molecule has 4 heteroatoms. The summed E-state index contributed by atoms with van der Waals surface area (Å²) in [6.45, 7) is 2.38. The van der Waals surface area contributed by atoms with Gasteiger partial charge in [0.15, 0.2) is 5.78 Å². The molecule has 0 aromatic carbocycles. The molecule has 1 unspecified atom stereocenters. The van der Waals surface area contributed by atoms with Crippen molar-refractivity contribution >= 4 is 11.8 Å². The van der Waals surface area contributed by atoms with Gasteiger partial charge in [-0.2, -0.15) is 0 Å². The van der Waals surface area contributed by atoms with Crippen LogP contribution in [0.3, 0.4) is 0 Å². The van der Waals surface area contributed by atoms with E-state index in [1.54, 1.807) is 0 Å². The summed E-state index contributed by atoms with van der Waals surface area (Å²) in [6, 6.07) is 0. The first-order chi connectivity index (χ1) is 7.19. The fraction of sp³-hybridized carbons (Fsp3) is 0.636. The smallest absolute Gasteiger partial charge is 0.309 e. The Hall–Kier alpha value is -1.32. The monoisotopic (exact) mass is 212 g/mol. The van der Waals surface area contributed by atoms with Gasteiger partial charge in [0.05, 0.1) is 25.9 Å². The minimum atomic E-state index is -0.245. The highest BCUT2D eigenvalue weighted by atomic mass is 16.5. The van der Waals surface area contributed by atoms with Gasteiger partial charge in [0.2, 0.25) is 0 Å². The highest BCUT2D eigenvalue weighted by Gasteiger charge is 2.29. The first-order valence-electron chi connectivity index (χ1n) is 5.10. The number of hydrogen-bond donors (Lipinski definition) is 0. The van der Waals surface area contributed by atoms with Crippen molar-refractivity contribution in [3.63, 3.8) is 0 Å². The van der Waals surface area contributed by atoms with E-state index in [0.29, 0.717) is 31.4 Å². The van der Waals surface area contributed by atoms with Gasteiger partial charge in [0.1, 0.15) is 0 Å². The van der Waals surface area contributed by atoms with Gasteiger partial charge in [-0.1, -0.05) is 0 Å². The van der Waals surface area contributed by atoms with Crippen LogP contribution in [-0.4, -0.2) is 25.5 Å². The van der Waals surface area contributed by atoms with Crippen LogP contribution in [0.2, 0.25) is 0 Å². The van der Waals surface area contributed by atoms with Gasteiger partial charge in [-0.15, -0.1) is 0 Å². The molecule has 84 valence electrons. The summed E-state index contributed by atoms with van der Waals surface area (Å²) >= 11 is 0. The Morgan fingerprint density at radius 3 is 2.93 bits per heavy atom. The molecule has 0 N–H and O–H groups in total. The molecule has 1 rings (SSSR count). The Morgan fingerprint density at radius 1 is 1.60 bits per heavy atom. The predicted octanol–water partition coefficient (Wildman–Crippen LogP) is 1.45. The summed E-state index contributed by atoms with van der Waals surface area (Å²) < 4.78 is 9.73. The molecule has 0 aliphatic heterocycles. The minimum Gasteiger partial charge on any atom is -0.501 e. The number of Topliss-reactive ketones (excluding diaryl/α,β-unsaturated/α-hetero) is 1. The Bertz CT molecular complexity index is 280. The second-order valence-electron chi connectivity index (χ2n) is 3.48. The molecular weight excluding hydrogens is 196 g/mol.